The lowest BCUT2D eigenvalue weighted by Crippen LogP contribution is -2.31. The van der Waals surface area contributed by atoms with Crippen molar-refractivity contribution in [2.75, 3.05) is 72.6 Å². The number of hydrogen-bond acceptors (Lipinski definition) is 7. The first-order valence-electron chi connectivity index (χ1n) is 8.68. The second-order valence-corrected chi connectivity index (χ2v) is 5.80. The molecule has 0 aliphatic rings. The summed E-state index contributed by atoms with van der Waals surface area (Å²) in [6.07, 6.45) is 0.0398. The van der Waals surface area contributed by atoms with Gasteiger partial charge < -0.3 is 34.3 Å². The molecule has 2 N–H and O–H groups in total. The van der Waals surface area contributed by atoms with Crippen LogP contribution in [-0.2, 0) is 28.5 Å². The zero-order chi connectivity index (χ0) is 19.5. The van der Waals surface area contributed by atoms with Crippen molar-refractivity contribution >= 4 is 23.8 Å². The number of carbonyl (C=O) groups is 2. The summed E-state index contributed by atoms with van der Waals surface area (Å²) < 4.78 is 26.4. The highest BCUT2D eigenvalue weighted by Gasteiger charge is 2.02. The standard InChI is InChI=1S/C16H32N2O7S/c1-14(2)25-13-15(19)17-3-5-21-7-9-23-11-12-24-10-8-22-6-4-18-16(20)26/h14H,3-13H2,1-2H3,(H,17,19)(H2,18,20,26). The molecule has 0 bridgehead atoms. The minimum absolute atomic E-state index is 0.0398. The van der Waals surface area contributed by atoms with Crippen molar-refractivity contribution < 1.29 is 33.3 Å². The van der Waals surface area contributed by atoms with Gasteiger partial charge in [-0.05, 0) is 13.8 Å². The van der Waals surface area contributed by atoms with Crippen LogP contribution in [0, 0.1) is 0 Å². The third-order valence-electron chi connectivity index (χ3n) is 2.75. The summed E-state index contributed by atoms with van der Waals surface area (Å²) in [5.74, 6) is -0.147. The Balaban J connectivity index is 3.11. The third kappa shape index (κ3) is 21.1. The summed E-state index contributed by atoms with van der Waals surface area (Å²) in [7, 11) is 0. The van der Waals surface area contributed by atoms with Gasteiger partial charge >= 0.3 is 0 Å². The molecule has 0 rings (SSSR count). The van der Waals surface area contributed by atoms with Crippen molar-refractivity contribution in [1.82, 2.24) is 10.6 Å². The van der Waals surface area contributed by atoms with Crippen molar-refractivity contribution in [3.63, 3.8) is 0 Å². The molecule has 2 amide bonds. The van der Waals surface area contributed by atoms with E-state index in [1.165, 1.54) is 0 Å². The van der Waals surface area contributed by atoms with Crippen LogP contribution < -0.4 is 10.6 Å². The Morgan fingerprint density at radius 3 is 1.62 bits per heavy atom. The van der Waals surface area contributed by atoms with Gasteiger partial charge in [0.25, 0.3) is 5.24 Å². The molecular formula is C16H32N2O7S. The second-order valence-electron chi connectivity index (χ2n) is 5.39. The highest BCUT2D eigenvalue weighted by molar-refractivity contribution is 7.96. The van der Waals surface area contributed by atoms with Crippen molar-refractivity contribution in [3.05, 3.63) is 0 Å². The van der Waals surface area contributed by atoms with Crippen LogP contribution in [-0.4, -0.2) is 89.8 Å². The molecule has 0 aliphatic heterocycles. The molecule has 0 saturated heterocycles. The van der Waals surface area contributed by atoms with E-state index >= 15 is 0 Å². The van der Waals surface area contributed by atoms with Gasteiger partial charge in [0.15, 0.2) is 0 Å². The zero-order valence-electron chi connectivity index (χ0n) is 15.7. The predicted molar refractivity (Wildman–Crippen MR) is 99.8 cm³/mol. The van der Waals surface area contributed by atoms with E-state index in [1.54, 1.807) is 0 Å². The number of ether oxygens (including phenoxy) is 5. The van der Waals surface area contributed by atoms with Crippen molar-refractivity contribution in [2.24, 2.45) is 0 Å². The lowest BCUT2D eigenvalue weighted by molar-refractivity contribution is -0.127. The minimum Gasteiger partial charge on any atom is -0.377 e. The molecule has 0 radical (unpaired) electrons. The molecule has 0 fully saturated rings. The van der Waals surface area contributed by atoms with Crippen LogP contribution in [0.2, 0.25) is 0 Å². The van der Waals surface area contributed by atoms with E-state index in [2.05, 4.69) is 23.3 Å². The highest BCUT2D eigenvalue weighted by Crippen LogP contribution is 1.86. The van der Waals surface area contributed by atoms with Crippen LogP contribution in [0.4, 0.5) is 4.79 Å². The Morgan fingerprint density at radius 2 is 1.19 bits per heavy atom. The van der Waals surface area contributed by atoms with E-state index in [0.717, 1.165) is 0 Å². The normalized spacial score (nSPS) is 10.9. The van der Waals surface area contributed by atoms with Crippen LogP contribution in [0.25, 0.3) is 0 Å². The van der Waals surface area contributed by atoms with Crippen LogP contribution in [0.15, 0.2) is 0 Å². The van der Waals surface area contributed by atoms with E-state index in [0.29, 0.717) is 65.9 Å². The van der Waals surface area contributed by atoms with Gasteiger partial charge in [-0.1, -0.05) is 12.6 Å². The third-order valence-corrected chi connectivity index (χ3v) is 2.91. The van der Waals surface area contributed by atoms with Crippen molar-refractivity contribution in [3.8, 4) is 0 Å². The number of hydrogen-bond donors (Lipinski definition) is 3. The molecule has 0 aromatic carbocycles. The van der Waals surface area contributed by atoms with Crippen LogP contribution in [0.1, 0.15) is 13.8 Å². The summed E-state index contributed by atoms with van der Waals surface area (Å²) in [6.45, 7) is 8.35. The fraction of sp³-hybridized carbons (Fsp3) is 0.875. The second kappa shape index (κ2) is 18.9. The van der Waals surface area contributed by atoms with Gasteiger partial charge in [0, 0.05) is 13.1 Å². The summed E-state index contributed by atoms with van der Waals surface area (Å²) in [5, 5.41) is 4.84. The largest absolute Gasteiger partial charge is 0.377 e. The predicted octanol–water partition coefficient (Wildman–Crippen LogP) is 0.233. The molecule has 0 unspecified atom stereocenters. The maximum Gasteiger partial charge on any atom is 0.276 e. The quantitative estimate of drug-likeness (QED) is 0.225. The van der Waals surface area contributed by atoms with Gasteiger partial charge in [-0.15, -0.1) is 0 Å². The summed E-state index contributed by atoms with van der Waals surface area (Å²) in [6, 6.07) is 0. The number of amides is 2. The maximum atomic E-state index is 11.3. The molecule has 0 spiro atoms. The molecule has 9 nitrogen and oxygen atoms in total. The molecule has 0 aromatic rings. The fourth-order valence-corrected chi connectivity index (χ4v) is 1.66. The Bertz CT molecular complexity index is 359. The Kier molecular flexibility index (Phi) is 18.2. The van der Waals surface area contributed by atoms with E-state index in [4.69, 9.17) is 23.7 Å². The summed E-state index contributed by atoms with van der Waals surface area (Å²) >= 11 is 3.57. The molecule has 0 aliphatic carbocycles. The van der Waals surface area contributed by atoms with Crippen LogP contribution >= 0.6 is 12.6 Å². The molecule has 0 aromatic heterocycles. The van der Waals surface area contributed by atoms with Gasteiger partial charge in [-0.25, -0.2) is 0 Å². The molecule has 0 heterocycles. The van der Waals surface area contributed by atoms with Gasteiger partial charge in [-0.2, -0.15) is 0 Å². The minimum atomic E-state index is -0.369. The SMILES string of the molecule is CC(C)OCC(=O)NCCOCCOCCOCCOCCNC(=O)S. The Hall–Kier alpha value is -0.910. The number of thiol groups is 1. The van der Waals surface area contributed by atoms with E-state index < -0.39 is 0 Å². The fourth-order valence-electron chi connectivity index (χ4n) is 1.55. The molecule has 154 valence electrons. The van der Waals surface area contributed by atoms with E-state index in [-0.39, 0.29) is 23.9 Å². The number of nitrogens with one attached hydrogen (secondary N) is 2. The first-order chi connectivity index (χ1) is 12.5. The lowest BCUT2D eigenvalue weighted by Gasteiger charge is -2.09. The van der Waals surface area contributed by atoms with Gasteiger partial charge in [0.05, 0.1) is 59.0 Å². The monoisotopic (exact) mass is 396 g/mol. The number of carbonyl (C=O) groups excluding carboxylic acids is 2. The van der Waals surface area contributed by atoms with Crippen LogP contribution in [0.5, 0.6) is 0 Å². The van der Waals surface area contributed by atoms with Crippen LogP contribution in [0.3, 0.4) is 0 Å². The van der Waals surface area contributed by atoms with Gasteiger partial charge in [-0.3, -0.25) is 9.59 Å². The average molecular weight is 397 g/mol. The zero-order valence-corrected chi connectivity index (χ0v) is 16.6. The molecule has 0 atom stereocenters. The smallest absolute Gasteiger partial charge is 0.276 e. The average Bonchev–Trinajstić information content (AvgIpc) is 2.59. The summed E-state index contributed by atoms with van der Waals surface area (Å²) in [4.78, 5) is 21.8. The lowest BCUT2D eigenvalue weighted by atomic mass is 10.5. The van der Waals surface area contributed by atoms with Gasteiger partial charge in [0.1, 0.15) is 6.61 Å². The van der Waals surface area contributed by atoms with Gasteiger partial charge in [0.2, 0.25) is 5.91 Å². The molecule has 10 heteroatoms. The van der Waals surface area contributed by atoms with E-state index in [1.807, 2.05) is 13.8 Å². The molecule has 0 saturated carbocycles. The van der Waals surface area contributed by atoms with Crippen molar-refractivity contribution in [2.45, 2.75) is 20.0 Å². The molecular weight excluding hydrogens is 364 g/mol. The summed E-state index contributed by atoms with van der Waals surface area (Å²) in [5.41, 5.74) is 0. The maximum absolute atomic E-state index is 11.3. The Labute approximate surface area is 160 Å². The van der Waals surface area contributed by atoms with E-state index in [9.17, 15) is 9.59 Å². The molecule has 26 heavy (non-hydrogen) atoms. The van der Waals surface area contributed by atoms with Crippen molar-refractivity contribution in [1.29, 1.82) is 0 Å². The Morgan fingerprint density at radius 1 is 0.769 bits per heavy atom. The first kappa shape index (κ1) is 25.1. The highest BCUT2D eigenvalue weighted by atomic mass is 32.1. The number of rotatable bonds is 18. The first-order valence-corrected chi connectivity index (χ1v) is 9.13. The topological polar surface area (TPSA) is 104 Å².